The zero-order valence-electron chi connectivity index (χ0n) is 16.1. The number of rotatable bonds is 6. The number of methoxy groups -OCH3 is 1. The molecule has 0 spiro atoms. The highest BCUT2D eigenvalue weighted by Gasteiger charge is 2.26. The molecule has 0 unspecified atom stereocenters. The van der Waals surface area contributed by atoms with Gasteiger partial charge in [-0.2, -0.15) is 0 Å². The number of ether oxygens (including phenoxy) is 1. The van der Waals surface area contributed by atoms with Crippen LogP contribution in [0.5, 0.6) is 0 Å². The Balaban J connectivity index is 2.01. The van der Waals surface area contributed by atoms with Crippen LogP contribution in [0.4, 0.5) is 10.7 Å². The summed E-state index contributed by atoms with van der Waals surface area (Å²) in [5, 5.41) is 16.0. The molecule has 154 valence electrons. The minimum atomic E-state index is -0.724. The lowest BCUT2D eigenvalue weighted by Crippen LogP contribution is -2.15. The number of carbonyl (C=O) groups excluding carboxylic acids is 2. The second-order valence-electron chi connectivity index (χ2n) is 6.27. The van der Waals surface area contributed by atoms with E-state index < -0.39 is 22.5 Å². The molecule has 7 nitrogen and oxygen atoms in total. The van der Waals surface area contributed by atoms with Crippen molar-refractivity contribution in [3.8, 4) is 11.1 Å². The topological polar surface area (TPSA) is 98.5 Å². The molecule has 0 bridgehead atoms. The lowest BCUT2D eigenvalue weighted by molar-refractivity contribution is -0.385. The van der Waals surface area contributed by atoms with Gasteiger partial charge in [-0.15, -0.1) is 11.3 Å². The number of aryl methyl sites for hydroxylation is 1. The summed E-state index contributed by atoms with van der Waals surface area (Å²) in [6, 6.07) is 11.5. The molecule has 3 aromatic rings. The highest BCUT2D eigenvalue weighted by atomic mass is 35.5. The normalized spacial score (nSPS) is 10.5. The highest BCUT2D eigenvalue weighted by molar-refractivity contribution is 7.15. The fourth-order valence-electron chi connectivity index (χ4n) is 2.91. The third kappa shape index (κ3) is 4.34. The van der Waals surface area contributed by atoms with Crippen LogP contribution in [-0.4, -0.2) is 23.9 Å². The molecule has 0 radical (unpaired) electrons. The number of nitro benzene ring substituents is 1. The summed E-state index contributed by atoms with van der Waals surface area (Å²) < 4.78 is 4.90. The first kappa shape index (κ1) is 21.5. The number of anilines is 1. The zero-order chi connectivity index (χ0) is 21.8. The molecule has 30 heavy (non-hydrogen) atoms. The number of nitrogens with zero attached hydrogens (tertiary/aromatic N) is 1. The fraction of sp³-hybridized carbons (Fsp3) is 0.143. The Morgan fingerprint density at radius 1 is 1.20 bits per heavy atom. The smallest absolute Gasteiger partial charge is 0.341 e. The first-order chi connectivity index (χ1) is 14.3. The summed E-state index contributed by atoms with van der Waals surface area (Å²) in [6.45, 7) is 2.04. The van der Waals surface area contributed by atoms with E-state index in [1.54, 1.807) is 5.38 Å². The monoisotopic (exact) mass is 444 g/mol. The van der Waals surface area contributed by atoms with Crippen LogP contribution in [0.3, 0.4) is 0 Å². The second kappa shape index (κ2) is 9.06. The molecule has 0 saturated heterocycles. The van der Waals surface area contributed by atoms with Crippen LogP contribution >= 0.6 is 22.9 Å². The lowest BCUT2D eigenvalue weighted by atomic mass is 10.0. The van der Waals surface area contributed by atoms with Gasteiger partial charge in [0.1, 0.15) is 16.1 Å². The second-order valence-corrected chi connectivity index (χ2v) is 7.58. The van der Waals surface area contributed by atoms with Crippen LogP contribution in [0.2, 0.25) is 5.02 Å². The van der Waals surface area contributed by atoms with Gasteiger partial charge in [-0.25, -0.2) is 4.79 Å². The van der Waals surface area contributed by atoms with Crippen molar-refractivity contribution in [1.29, 1.82) is 0 Å². The largest absolute Gasteiger partial charge is 0.465 e. The van der Waals surface area contributed by atoms with Gasteiger partial charge in [0, 0.05) is 22.0 Å². The van der Waals surface area contributed by atoms with Gasteiger partial charge < -0.3 is 10.1 Å². The molecule has 0 aliphatic heterocycles. The third-order valence-electron chi connectivity index (χ3n) is 4.48. The molecule has 1 N–H and O–H groups in total. The average Bonchev–Trinajstić information content (AvgIpc) is 3.16. The molecule has 2 aromatic carbocycles. The van der Waals surface area contributed by atoms with Gasteiger partial charge in [-0.1, -0.05) is 42.8 Å². The van der Waals surface area contributed by atoms with Crippen molar-refractivity contribution in [1.82, 2.24) is 0 Å². The molecule has 0 saturated carbocycles. The Kier molecular flexibility index (Phi) is 6.49. The molecule has 0 atom stereocenters. The Hall–Kier alpha value is -3.23. The quantitative estimate of drug-likeness (QED) is 0.304. The van der Waals surface area contributed by atoms with Crippen molar-refractivity contribution in [2.45, 2.75) is 13.3 Å². The van der Waals surface area contributed by atoms with Gasteiger partial charge >= 0.3 is 5.97 Å². The number of thiophene rings is 1. The predicted octanol–water partition coefficient (Wildman–Crippen LogP) is 5.58. The van der Waals surface area contributed by atoms with Gasteiger partial charge in [0.2, 0.25) is 0 Å². The van der Waals surface area contributed by atoms with Crippen molar-refractivity contribution in [2.75, 3.05) is 12.4 Å². The molecule has 9 heteroatoms. The Morgan fingerprint density at radius 2 is 1.90 bits per heavy atom. The van der Waals surface area contributed by atoms with E-state index in [1.165, 1.54) is 19.2 Å². The van der Waals surface area contributed by atoms with Gasteiger partial charge in [0.25, 0.3) is 11.6 Å². The van der Waals surface area contributed by atoms with E-state index in [4.69, 9.17) is 16.3 Å². The average molecular weight is 445 g/mol. The van der Waals surface area contributed by atoms with E-state index in [-0.39, 0.29) is 21.2 Å². The van der Waals surface area contributed by atoms with E-state index in [0.717, 1.165) is 35.0 Å². The van der Waals surface area contributed by atoms with E-state index in [2.05, 4.69) is 5.32 Å². The van der Waals surface area contributed by atoms with Crippen LogP contribution in [0.25, 0.3) is 11.1 Å². The van der Waals surface area contributed by atoms with E-state index >= 15 is 0 Å². The first-order valence-electron chi connectivity index (χ1n) is 8.90. The Morgan fingerprint density at radius 3 is 2.50 bits per heavy atom. The number of halogens is 1. The molecular weight excluding hydrogens is 428 g/mol. The molecular formula is C21H17ClN2O5S. The lowest BCUT2D eigenvalue weighted by Gasteiger charge is -2.09. The van der Waals surface area contributed by atoms with Crippen molar-refractivity contribution in [2.24, 2.45) is 0 Å². The molecule has 0 aliphatic rings. The summed E-state index contributed by atoms with van der Waals surface area (Å²) in [4.78, 5) is 35.8. The number of benzene rings is 2. The molecule has 0 aliphatic carbocycles. The minimum Gasteiger partial charge on any atom is -0.465 e. The minimum absolute atomic E-state index is 0.141. The van der Waals surface area contributed by atoms with E-state index in [1.807, 2.05) is 31.2 Å². The first-order valence-corrected chi connectivity index (χ1v) is 10.2. The number of hydrogen-bond donors (Lipinski definition) is 1. The predicted molar refractivity (Wildman–Crippen MR) is 117 cm³/mol. The third-order valence-corrected chi connectivity index (χ3v) is 5.61. The summed E-state index contributed by atoms with van der Waals surface area (Å²) in [5.41, 5.74) is 2.15. The van der Waals surface area contributed by atoms with Crippen molar-refractivity contribution < 1.29 is 19.2 Å². The SMILES string of the molecule is CCc1ccc(-c2csc(NC(=O)c3ccc(Cl)cc3[N+](=O)[O-])c2C(=O)OC)cc1. The zero-order valence-corrected chi connectivity index (χ0v) is 17.7. The number of esters is 1. The van der Waals surface area contributed by atoms with E-state index in [0.29, 0.717) is 5.56 Å². The number of hydrogen-bond acceptors (Lipinski definition) is 6. The molecule has 1 aromatic heterocycles. The number of amides is 1. The summed E-state index contributed by atoms with van der Waals surface area (Å²) >= 11 is 6.95. The Bertz CT molecular complexity index is 1120. The summed E-state index contributed by atoms with van der Waals surface area (Å²) in [5.74, 6) is -1.34. The molecule has 1 heterocycles. The molecule has 3 rings (SSSR count). The number of nitro groups is 1. The maximum absolute atomic E-state index is 12.7. The summed E-state index contributed by atoms with van der Waals surface area (Å²) in [6.07, 6.45) is 0.884. The maximum Gasteiger partial charge on any atom is 0.341 e. The van der Waals surface area contributed by atoms with Gasteiger partial charge in [0.05, 0.1) is 12.0 Å². The van der Waals surface area contributed by atoms with Gasteiger partial charge in [-0.05, 0) is 29.7 Å². The van der Waals surface area contributed by atoms with Crippen LogP contribution < -0.4 is 5.32 Å². The highest BCUT2D eigenvalue weighted by Crippen LogP contribution is 2.37. The Labute approximate surface area is 181 Å². The maximum atomic E-state index is 12.7. The number of nitrogens with one attached hydrogen (secondary N) is 1. The van der Waals surface area contributed by atoms with Crippen LogP contribution in [-0.2, 0) is 11.2 Å². The van der Waals surface area contributed by atoms with Crippen LogP contribution in [0.15, 0.2) is 47.8 Å². The molecule has 0 fully saturated rings. The van der Waals surface area contributed by atoms with Crippen molar-refractivity contribution in [3.05, 3.63) is 79.7 Å². The van der Waals surface area contributed by atoms with Crippen molar-refractivity contribution in [3.63, 3.8) is 0 Å². The standard InChI is InChI=1S/C21H17ClN2O5S/c1-3-12-4-6-13(7-5-12)16-11-30-20(18(16)21(26)29-2)23-19(25)15-9-8-14(22)10-17(15)24(27)28/h4-11H,3H2,1-2H3,(H,23,25). The fourth-order valence-corrected chi connectivity index (χ4v) is 4.02. The van der Waals surface area contributed by atoms with Crippen LogP contribution in [0.1, 0.15) is 33.2 Å². The van der Waals surface area contributed by atoms with Crippen molar-refractivity contribution >= 4 is 45.5 Å². The van der Waals surface area contributed by atoms with Gasteiger partial charge in [0.15, 0.2) is 0 Å². The van der Waals surface area contributed by atoms with Gasteiger partial charge in [-0.3, -0.25) is 14.9 Å². The van der Waals surface area contributed by atoms with Crippen LogP contribution in [0, 0.1) is 10.1 Å². The summed E-state index contributed by atoms with van der Waals surface area (Å²) in [7, 11) is 1.25. The molecule has 1 amide bonds. The number of carbonyl (C=O) groups is 2. The van der Waals surface area contributed by atoms with E-state index in [9.17, 15) is 19.7 Å².